The number of anilines is 1. The number of benzene rings is 2. The summed E-state index contributed by atoms with van der Waals surface area (Å²) < 4.78 is 16.7. The summed E-state index contributed by atoms with van der Waals surface area (Å²) in [5, 5.41) is 0.774. The fourth-order valence-corrected chi connectivity index (χ4v) is 3.46. The quantitative estimate of drug-likeness (QED) is 0.309. The van der Waals surface area contributed by atoms with Gasteiger partial charge in [-0.05, 0) is 35.4 Å². The zero-order valence-electron chi connectivity index (χ0n) is 18.4. The van der Waals surface area contributed by atoms with Crippen molar-refractivity contribution in [3.8, 4) is 11.5 Å². The van der Waals surface area contributed by atoms with Gasteiger partial charge in [0.2, 0.25) is 7.59 Å². The number of ether oxygens (including phenoxy) is 4. The van der Waals surface area contributed by atoms with Crippen molar-refractivity contribution in [1.82, 2.24) is 5.43 Å². The molecule has 0 unspecified atom stereocenters. The molecule has 0 spiro atoms. The van der Waals surface area contributed by atoms with E-state index in [1.165, 1.54) is 11.6 Å². The van der Waals surface area contributed by atoms with Gasteiger partial charge >= 0.3 is 12.2 Å². The van der Waals surface area contributed by atoms with Gasteiger partial charge in [-0.3, -0.25) is 0 Å². The summed E-state index contributed by atoms with van der Waals surface area (Å²) in [7, 11) is 0. The Morgan fingerprint density at radius 3 is 2.06 bits per heavy atom. The van der Waals surface area contributed by atoms with E-state index >= 15 is 0 Å². The molecule has 0 saturated heterocycles. The molecule has 2 aliphatic heterocycles. The number of nitrogens with zero attached hydrogens (tertiary/aromatic N) is 1. The third kappa shape index (κ3) is 9.32. The standard InChI is InChI=1S/C14H12Cl6N2O5.C8H8O/c15-13(16,17)6-26-11(23)21-22(12(24)27-7-14(18,19)20)9-1-2-10-8(5-9)3-4-25-10;1-2-4-8-7(3-1)5-6-9-8/h1-2,5H,3-4,6-7H2,(H,21,23);1-4H,5-6H2. The topological polar surface area (TPSA) is 86.3 Å². The third-order valence-electron chi connectivity index (χ3n) is 4.64. The fraction of sp³-hybridized carbons (Fsp3) is 0.364. The van der Waals surface area contributed by atoms with Gasteiger partial charge in [0, 0.05) is 12.8 Å². The maximum absolute atomic E-state index is 12.4. The van der Waals surface area contributed by atoms with Crippen LogP contribution in [0.3, 0.4) is 0 Å². The molecule has 2 amide bonds. The summed E-state index contributed by atoms with van der Waals surface area (Å²) in [6.07, 6.45) is -0.372. The number of fused-ring (bicyclic) bond motifs is 2. The van der Waals surface area contributed by atoms with Crippen molar-refractivity contribution in [1.29, 1.82) is 0 Å². The minimum absolute atomic E-state index is 0.263. The number of hydrogen-bond donors (Lipinski definition) is 1. The molecule has 2 heterocycles. The van der Waals surface area contributed by atoms with E-state index in [4.69, 9.17) is 88.6 Å². The first kappa shape index (κ1) is 28.9. The zero-order valence-corrected chi connectivity index (χ0v) is 23.0. The molecule has 0 atom stereocenters. The Hall–Kier alpha value is -1.68. The van der Waals surface area contributed by atoms with E-state index in [0.29, 0.717) is 18.8 Å². The number of halogens is 6. The Morgan fingerprint density at radius 2 is 1.42 bits per heavy atom. The van der Waals surface area contributed by atoms with E-state index in [0.717, 1.165) is 29.3 Å². The lowest BCUT2D eigenvalue weighted by atomic mass is 10.1. The van der Waals surface area contributed by atoms with Crippen LogP contribution >= 0.6 is 69.6 Å². The van der Waals surface area contributed by atoms with Crippen LogP contribution in [0.4, 0.5) is 15.3 Å². The predicted molar refractivity (Wildman–Crippen MR) is 140 cm³/mol. The molecule has 0 saturated carbocycles. The number of nitrogens with one attached hydrogen (secondary N) is 1. The summed E-state index contributed by atoms with van der Waals surface area (Å²) in [5.41, 5.74) is 4.63. The monoisotopic (exact) mass is 618 g/mol. The molecule has 196 valence electrons. The number of para-hydroxylation sites is 1. The van der Waals surface area contributed by atoms with Crippen LogP contribution < -0.4 is 19.9 Å². The maximum atomic E-state index is 12.4. The van der Waals surface area contributed by atoms with E-state index in [1.807, 2.05) is 18.2 Å². The highest BCUT2D eigenvalue weighted by molar-refractivity contribution is 6.68. The fourth-order valence-electron chi connectivity index (χ4n) is 3.13. The molecule has 0 aliphatic carbocycles. The van der Waals surface area contributed by atoms with Crippen LogP contribution in [0.5, 0.6) is 11.5 Å². The van der Waals surface area contributed by atoms with E-state index in [-0.39, 0.29) is 5.69 Å². The lowest BCUT2D eigenvalue weighted by Crippen LogP contribution is -2.48. The first-order valence-corrected chi connectivity index (χ1v) is 12.7. The summed E-state index contributed by atoms with van der Waals surface area (Å²) in [6.45, 7) is 0.277. The Morgan fingerprint density at radius 1 is 0.833 bits per heavy atom. The Labute approximate surface area is 237 Å². The lowest BCUT2D eigenvalue weighted by Gasteiger charge is -2.24. The molecule has 2 aromatic rings. The largest absolute Gasteiger partial charge is 0.493 e. The summed E-state index contributed by atoms with van der Waals surface area (Å²) in [4.78, 5) is 24.3. The van der Waals surface area contributed by atoms with E-state index < -0.39 is 33.0 Å². The second-order valence-corrected chi connectivity index (χ2v) is 12.4. The van der Waals surface area contributed by atoms with Gasteiger partial charge in [0.05, 0.1) is 18.9 Å². The SMILES string of the molecule is O=C(NN(C(=O)OCC(Cl)(Cl)Cl)c1ccc2c(c1)CCO2)OCC(Cl)(Cl)Cl.c1ccc2c(c1)CCO2. The van der Waals surface area contributed by atoms with Crippen molar-refractivity contribution in [3.05, 3.63) is 53.6 Å². The van der Waals surface area contributed by atoms with E-state index in [9.17, 15) is 9.59 Å². The number of amides is 2. The van der Waals surface area contributed by atoms with Crippen molar-refractivity contribution >= 4 is 87.5 Å². The second kappa shape index (κ2) is 12.7. The molecule has 0 fully saturated rings. The molecule has 8 nitrogen and oxygen atoms in total. The number of hydrogen-bond acceptors (Lipinski definition) is 6. The lowest BCUT2D eigenvalue weighted by molar-refractivity contribution is 0.135. The molecule has 36 heavy (non-hydrogen) atoms. The van der Waals surface area contributed by atoms with Crippen LogP contribution in [0.15, 0.2) is 42.5 Å². The molecular formula is C22H20Cl6N2O6. The minimum atomic E-state index is -1.83. The van der Waals surface area contributed by atoms with Crippen molar-refractivity contribution in [2.24, 2.45) is 0 Å². The van der Waals surface area contributed by atoms with Gasteiger partial charge in [-0.1, -0.05) is 87.8 Å². The van der Waals surface area contributed by atoms with Gasteiger partial charge in [-0.15, -0.1) is 0 Å². The average Bonchev–Trinajstić information content (AvgIpc) is 3.48. The summed E-state index contributed by atoms with van der Waals surface area (Å²) in [6, 6.07) is 13.0. The normalized spacial score (nSPS) is 13.7. The van der Waals surface area contributed by atoms with Gasteiger partial charge in [-0.2, -0.15) is 5.01 Å². The minimum Gasteiger partial charge on any atom is -0.493 e. The number of rotatable bonds is 3. The smallest absolute Gasteiger partial charge is 0.433 e. The summed E-state index contributed by atoms with van der Waals surface area (Å²) in [5.74, 6) is 1.74. The van der Waals surface area contributed by atoms with Gasteiger partial charge in [0.25, 0.3) is 0 Å². The average molecular weight is 621 g/mol. The van der Waals surface area contributed by atoms with Crippen molar-refractivity contribution < 1.29 is 28.5 Å². The molecule has 14 heteroatoms. The van der Waals surface area contributed by atoms with Crippen LogP contribution in [0.1, 0.15) is 11.1 Å². The number of carbonyl (C=O) groups is 2. The zero-order chi connectivity index (χ0) is 26.3. The number of alkyl halides is 6. The number of hydrazine groups is 1. The van der Waals surface area contributed by atoms with E-state index in [1.54, 1.807) is 12.1 Å². The molecule has 2 aromatic carbocycles. The van der Waals surface area contributed by atoms with Crippen molar-refractivity contribution in [2.75, 3.05) is 31.4 Å². The van der Waals surface area contributed by atoms with Crippen LogP contribution in [-0.4, -0.2) is 46.2 Å². The van der Waals surface area contributed by atoms with Crippen LogP contribution in [0.2, 0.25) is 0 Å². The van der Waals surface area contributed by atoms with Gasteiger partial charge in [0.1, 0.15) is 24.7 Å². The first-order valence-electron chi connectivity index (χ1n) is 10.4. The Balaban J connectivity index is 0.000000331. The van der Waals surface area contributed by atoms with Gasteiger partial charge in [0.15, 0.2) is 0 Å². The highest BCUT2D eigenvalue weighted by Gasteiger charge is 2.29. The van der Waals surface area contributed by atoms with Crippen LogP contribution in [-0.2, 0) is 22.3 Å². The Bertz CT molecular complexity index is 1050. The number of carbonyl (C=O) groups excluding carboxylic acids is 2. The molecule has 4 rings (SSSR count). The third-order valence-corrected chi connectivity index (χ3v) is 5.30. The van der Waals surface area contributed by atoms with E-state index in [2.05, 4.69) is 11.5 Å². The molecule has 0 bridgehead atoms. The van der Waals surface area contributed by atoms with Gasteiger partial charge in [-0.25, -0.2) is 15.0 Å². The van der Waals surface area contributed by atoms with Crippen molar-refractivity contribution in [2.45, 2.75) is 20.4 Å². The summed E-state index contributed by atoms with van der Waals surface area (Å²) >= 11 is 33.3. The van der Waals surface area contributed by atoms with Crippen LogP contribution in [0, 0.1) is 0 Å². The van der Waals surface area contributed by atoms with Gasteiger partial charge < -0.3 is 18.9 Å². The highest BCUT2D eigenvalue weighted by atomic mass is 35.6. The predicted octanol–water partition coefficient (Wildman–Crippen LogP) is 6.57. The first-order chi connectivity index (χ1) is 16.9. The molecule has 1 N–H and O–H groups in total. The molecule has 0 radical (unpaired) electrons. The highest BCUT2D eigenvalue weighted by Crippen LogP contribution is 2.31. The van der Waals surface area contributed by atoms with Crippen LogP contribution in [0.25, 0.3) is 0 Å². The Kier molecular flexibility index (Phi) is 10.2. The van der Waals surface area contributed by atoms with Crippen molar-refractivity contribution in [3.63, 3.8) is 0 Å². The molecule has 2 aliphatic rings. The maximum Gasteiger partial charge on any atom is 0.433 e. The molecular weight excluding hydrogens is 601 g/mol. The molecule has 0 aromatic heterocycles. The second-order valence-electron chi connectivity index (χ2n) is 7.40.